The van der Waals surface area contributed by atoms with Gasteiger partial charge in [-0.25, -0.2) is 4.98 Å². The molecular formula is C16H21N3O. The van der Waals surface area contributed by atoms with Crippen molar-refractivity contribution in [1.29, 1.82) is 0 Å². The standard InChI is InChI=1S/C16H21N3O/c1-20-15-8-4-5-13(11-15)12-18-16-17-9-10-19(16)14-6-2-3-7-14/h4-5,8-11,14H,2-3,6-7,12H2,1H3,(H,17,18). The molecule has 0 radical (unpaired) electrons. The molecule has 0 atom stereocenters. The monoisotopic (exact) mass is 271 g/mol. The van der Waals surface area contributed by atoms with Gasteiger partial charge in [0.05, 0.1) is 7.11 Å². The number of hydrogen-bond acceptors (Lipinski definition) is 3. The Morgan fingerprint density at radius 1 is 1.35 bits per heavy atom. The predicted octanol–water partition coefficient (Wildman–Crippen LogP) is 3.62. The average Bonchev–Trinajstić information content (AvgIpc) is 3.16. The third-order valence-corrected chi connectivity index (χ3v) is 3.97. The van der Waals surface area contributed by atoms with Crippen LogP contribution < -0.4 is 10.1 Å². The topological polar surface area (TPSA) is 39.1 Å². The number of methoxy groups -OCH3 is 1. The number of ether oxygens (including phenoxy) is 1. The number of hydrogen-bond donors (Lipinski definition) is 1. The summed E-state index contributed by atoms with van der Waals surface area (Å²) in [7, 11) is 1.69. The van der Waals surface area contributed by atoms with Crippen molar-refractivity contribution in [3.63, 3.8) is 0 Å². The summed E-state index contributed by atoms with van der Waals surface area (Å²) in [6.07, 6.45) is 9.17. The normalized spacial score (nSPS) is 15.4. The van der Waals surface area contributed by atoms with Crippen molar-refractivity contribution in [2.45, 2.75) is 38.3 Å². The maximum Gasteiger partial charge on any atom is 0.203 e. The summed E-state index contributed by atoms with van der Waals surface area (Å²) in [4.78, 5) is 4.44. The van der Waals surface area contributed by atoms with E-state index in [0.717, 1.165) is 18.2 Å². The third kappa shape index (κ3) is 2.79. The highest BCUT2D eigenvalue weighted by atomic mass is 16.5. The second-order valence-corrected chi connectivity index (χ2v) is 5.30. The minimum atomic E-state index is 0.616. The smallest absolute Gasteiger partial charge is 0.203 e. The van der Waals surface area contributed by atoms with Gasteiger partial charge in [0.15, 0.2) is 0 Å². The van der Waals surface area contributed by atoms with E-state index in [1.807, 2.05) is 18.3 Å². The highest BCUT2D eigenvalue weighted by Crippen LogP contribution is 2.31. The Bertz CT molecular complexity index is 558. The number of anilines is 1. The molecule has 0 amide bonds. The molecule has 1 aliphatic rings. The van der Waals surface area contributed by atoms with E-state index in [9.17, 15) is 0 Å². The zero-order valence-electron chi connectivity index (χ0n) is 11.9. The molecule has 106 valence electrons. The molecule has 0 spiro atoms. The number of aromatic nitrogens is 2. The van der Waals surface area contributed by atoms with E-state index < -0.39 is 0 Å². The first-order valence-corrected chi connectivity index (χ1v) is 7.26. The molecular weight excluding hydrogens is 250 g/mol. The van der Waals surface area contributed by atoms with Crippen LogP contribution in [0.15, 0.2) is 36.7 Å². The fraction of sp³-hybridized carbons (Fsp3) is 0.438. The van der Waals surface area contributed by atoms with Gasteiger partial charge in [-0.1, -0.05) is 25.0 Å². The number of nitrogens with one attached hydrogen (secondary N) is 1. The molecule has 0 saturated heterocycles. The molecule has 1 aromatic heterocycles. The molecule has 3 rings (SSSR count). The summed E-state index contributed by atoms with van der Waals surface area (Å²) in [6.45, 7) is 0.765. The maximum atomic E-state index is 5.25. The van der Waals surface area contributed by atoms with Crippen LogP contribution in [0.25, 0.3) is 0 Å². The molecule has 4 nitrogen and oxygen atoms in total. The van der Waals surface area contributed by atoms with E-state index in [0.29, 0.717) is 6.04 Å². The van der Waals surface area contributed by atoms with Crippen molar-refractivity contribution in [2.75, 3.05) is 12.4 Å². The molecule has 1 aliphatic carbocycles. The van der Waals surface area contributed by atoms with Gasteiger partial charge in [-0.05, 0) is 30.5 Å². The van der Waals surface area contributed by atoms with Crippen LogP contribution >= 0.6 is 0 Å². The van der Waals surface area contributed by atoms with Gasteiger partial charge in [-0.3, -0.25) is 0 Å². The van der Waals surface area contributed by atoms with Crippen LogP contribution in [0.4, 0.5) is 5.95 Å². The highest BCUT2D eigenvalue weighted by molar-refractivity contribution is 5.33. The Morgan fingerprint density at radius 2 is 2.20 bits per heavy atom. The van der Waals surface area contributed by atoms with Gasteiger partial charge in [0.1, 0.15) is 5.75 Å². The van der Waals surface area contributed by atoms with Crippen molar-refractivity contribution < 1.29 is 4.74 Å². The van der Waals surface area contributed by atoms with Crippen LogP contribution in [0.1, 0.15) is 37.3 Å². The summed E-state index contributed by atoms with van der Waals surface area (Å²) in [5, 5.41) is 3.43. The van der Waals surface area contributed by atoms with Gasteiger partial charge < -0.3 is 14.6 Å². The first-order chi connectivity index (χ1) is 9.86. The lowest BCUT2D eigenvalue weighted by Crippen LogP contribution is -2.10. The molecule has 1 heterocycles. The van der Waals surface area contributed by atoms with Crippen LogP contribution in [0.3, 0.4) is 0 Å². The number of rotatable bonds is 5. The largest absolute Gasteiger partial charge is 0.497 e. The fourth-order valence-corrected chi connectivity index (χ4v) is 2.89. The minimum Gasteiger partial charge on any atom is -0.497 e. The average molecular weight is 271 g/mol. The molecule has 4 heteroatoms. The molecule has 20 heavy (non-hydrogen) atoms. The number of benzene rings is 1. The Balaban J connectivity index is 1.67. The van der Waals surface area contributed by atoms with Crippen molar-refractivity contribution in [3.8, 4) is 5.75 Å². The van der Waals surface area contributed by atoms with E-state index in [1.165, 1.54) is 31.2 Å². The first-order valence-electron chi connectivity index (χ1n) is 7.26. The van der Waals surface area contributed by atoms with Gasteiger partial charge in [0.25, 0.3) is 0 Å². The molecule has 1 saturated carbocycles. The van der Waals surface area contributed by atoms with Gasteiger partial charge in [-0.2, -0.15) is 0 Å². The lowest BCUT2D eigenvalue weighted by Gasteiger charge is -2.15. The zero-order valence-corrected chi connectivity index (χ0v) is 11.9. The van der Waals surface area contributed by atoms with E-state index in [-0.39, 0.29) is 0 Å². The summed E-state index contributed by atoms with van der Waals surface area (Å²) in [5.74, 6) is 1.86. The van der Waals surface area contributed by atoms with E-state index in [2.05, 4.69) is 33.2 Å². The molecule has 1 aromatic carbocycles. The maximum absolute atomic E-state index is 5.25. The molecule has 0 aliphatic heterocycles. The highest BCUT2D eigenvalue weighted by Gasteiger charge is 2.18. The van der Waals surface area contributed by atoms with Crippen LogP contribution in [0.2, 0.25) is 0 Å². The predicted molar refractivity (Wildman–Crippen MR) is 80.1 cm³/mol. The summed E-state index contributed by atoms with van der Waals surface area (Å²) >= 11 is 0. The Kier molecular flexibility index (Phi) is 3.90. The Labute approximate surface area is 119 Å². The van der Waals surface area contributed by atoms with E-state index in [4.69, 9.17) is 4.74 Å². The van der Waals surface area contributed by atoms with E-state index >= 15 is 0 Å². The van der Waals surface area contributed by atoms with Crippen LogP contribution in [-0.2, 0) is 6.54 Å². The lowest BCUT2D eigenvalue weighted by atomic mass is 10.2. The van der Waals surface area contributed by atoms with Crippen molar-refractivity contribution in [2.24, 2.45) is 0 Å². The van der Waals surface area contributed by atoms with Gasteiger partial charge in [0, 0.05) is 25.0 Å². The van der Waals surface area contributed by atoms with Crippen LogP contribution in [-0.4, -0.2) is 16.7 Å². The lowest BCUT2D eigenvalue weighted by molar-refractivity contribution is 0.414. The Hall–Kier alpha value is -1.97. The van der Waals surface area contributed by atoms with Gasteiger partial charge in [-0.15, -0.1) is 0 Å². The summed E-state index contributed by atoms with van der Waals surface area (Å²) in [6, 6.07) is 8.74. The van der Waals surface area contributed by atoms with Crippen molar-refractivity contribution in [1.82, 2.24) is 9.55 Å². The van der Waals surface area contributed by atoms with Crippen LogP contribution in [0, 0.1) is 0 Å². The van der Waals surface area contributed by atoms with E-state index in [1.54, 1.807) is 7.11 Å². The summed E-state index contributed by atoms with van der Waals surface area (Å²) in [5.41, 5.74) is 1.20. The quantitative estimate of drug-likeness (QED) is 0.902. The molecule has 1 fully saturated rings. The first kappa shape index (κ1) is 13.0. The van der Waals surface area contributed by atoms with Gasteiger partial charge in [0.2, 0.25) is 5.95 Å². The van der Waals surface area contributed by atoms with Crippen LogP contribution in [0.5, 0.6) is 5.75 Å². The molecule has 0 unspecified atom stereocenters. The third-order valence-electron chi connectivity index (χ3n) is 3.97. The number of imidazole rings is 1. The summed E-state index contributed by atoms with van der Waals surface area (Å²) < 4.78 is 7.53. The SMILES string of the molecule is COc1cccc(CNc2nccn2C2CCCC2)c1. The minimum absolute atomic E-state index is 0.616. The van der Waals surface area contributed by atoms with Gasteiger partial charge >= 0.3 is 0 Å². The second-order valence-electron chi connectivity index (χ2n) is 5.30. The van der Waals surface area contributed by atoms with Crippen molar-refractivity contribution in [3.05, 3.63) is 42.2 Å². The molecule has 0 bridgehead atoms. The zero-order chi connectivity index (χ0) is 13.8. The number of nitrogens with zero attached hydrogens (tertiary/aromatic N) is 2. The Morgan fingerprint density at radius 3 is 3.00 bits per heavy atom. The van der Waals surface area contributed by atoms with Crippen molar-refractivity contribution >= 4 is 5.95 Å². The molecule has 2 aromatic rings. The second kappa shape index (κ2) is 5.99. The molecule has 1 N–H and O–H groups in total. The fourth-order valence-electron chi connectivity index (χ4n) is 2.89.